The van der Waals surface area contributed by atoms with Crippen molar-refractivity contribution in [1.82, 2.24) is 9.88 Å². The van der Waals surface area contributed by atoms with Gasteiger partial charge in [-0.2, -0.15) is 11.8 Å². The van der Waals surface area contributed by atoms with Crippen LogP contribution in [0.15, 0.2) is 5.38 Å². The Bertz CT molecular complexity index is 460. The Hall–Kier alpha value is -0.590. The van der Waals surface area contributed by atoms with Gasteiger partial charge in [0.05, 0.1) is 16.3 Å². The number of amides is 1. The average Bonchev–Trinajstić information content (AvgIpc) is 2.79. The average molecular weight is 314 g/mol. The van der Waals surface area contributed by atoms with Gasteiger partial charge in [-0.1, -0.05) is 0 Å². The number of thioether (sulfide) groups is 1. The number of aliphatic hydroxyl groups is 1. The Balaban J connectivity index is 1.67. The van der Waals surface area contributed by atoms with Crippen LogP contribution in [0.2, 0.25) is 0 Å². The molecule has 0 aliphatic carbocycles. The lowest BCUT2D eigenvalue weighted by Crippen LogP contribution is -2.48. The van der Waals surface area contributed by atoms with Gasteiger partial charge in [-0.3, -0.25) is 4.79 Å². The molecule has 1 fully saturated rings. The van der Waals surface area contributed by atoms with Crippen LogP contribution >= 0.6 is 23.1 Å². The number of thiazole rings is 1. The van der Waals surface area contributed by atoms with Crippen LogP contribution in [-0.2, 0) is 10.5 Å². The van der Waals surface area contributed by atoms with Crippen molar-refractivity contribution in [3.8, 4) is 0 Å². The molecule has 1 saturated heterocycles. The van der Waals surface area contributed by atoms with E-state index < -0.39 is 5.60 Å². The molecule has 1 N–H and O–H groups in total. The zero-order valence-electron chi connectivity index (χ0n) is 12.1. The predicted molar refractivity (Wildman–Crippen MR) is 84.1 cm³/mol. The fraction of sp³-hybridized carbons (Fsp3) is 0.714. The van der Waals surface area contributed by atoms with E-state index >= 15 is 0 Å². The highest BCUT2D eigenvalue weighted by atomic mass is 32.2. The van der Waals surface area contributed by atoms with Gasteiger partial charge in [0.25, 0.3) is 0 Å². The third kappa shape index (κ3) is 4.75. The number of aromatic nitrogens is 1. The standard InChI is InChI=1S/C14H22N2O2S2/c1-11-15-12(9-20-11)8-19-7-4-13(17)16-6-3-5-14(2,18)10-16/h9,18H,3-8,10H2,1-2H3. The molecule has 0 saturated carbocycles. The second-order valence-corrected chi connectivity index (χ2v) is 7.74. The highest BCUT2D eigenvalue weighted by Crippen LogP contribution is 2.21. The van der Waals surface area contributed by atoms with E-state index in [-0.39, 0.29) is 5.91 Å². The van der Waals surface area contributed by atoms with Crippen molar-refractivity contribution in [2.45, 2.75) is 44.5 Å². The highest BCUT2D eigenvalue weighted by molar-refractivity contribution is 7.98. The highest BCUT2D eigenvalue weighted by Gasteiger charge is 2.30. The van der Waals surface area contributed by atoms with Gasteiger partial charge in [0.15, 0.2) is 0 Å². The molecule has 1 aromatic heterocycles. The number of carbonyl (C=O) groups excluding carboxylic acids is 1. The summed E-state index contributed by atoms with van der Waals surface area (Å²) in [6.07, 6.45) is 2.22. The molecule has 0 bridgehead atoms. The fourth-order valence-electron chi connectivity index (χ4n) is 2.40. The van der Waals surface area contributed by atoms with Crippen molar-refractivity contribution in [1.29, 1.82) is 0 Å². The molecule has 1 amide bonds. The minimum Gasteiger partial charge on any atom is -0.388 e. The SMILES string of the molecule is Cc1nc(CSCCC(=O)N2CCCC(C)(O)C2)cs1. The Kier molecular flexibility index (Phi) is 5.46. The number of hydrogen-bond donors (Lipinski definition) is 1. The first-order chi connectivity index (χ1) is 9.46. The van der Waals surface area contributed by atoms with Gasteiger partial charge >= 0.3 is 0 Å². The third-order valence-corrected chi connectivity index (χ3v) is 5.22. The van der Waals surface area contributed by atoms with Crippen molar-refractivity contribution in [2.75, 3.05) is 18.8 Å². The number of carbonyl (C=O) groups is 1. The molecule has 6 heteroatoms. The van der Waals surface area contributed by atoms with Crippen LogP contribution in [0.4, 0.5) is 0 Å². The summed E-state index contributed by atoms with van der Waals surface area (Å²) in [4.78, 5) is 18.3. The fourth-order valence-corrected chi connectivity index (χ4v) is 3.94. The van der Waals surface area contributed by atoms with Crippen LogP contribution in [0, 0.1) is 6.92 Å². The van der Waals surface area contributed by atoms with E-state index in [1.807, 2.05) is 13.8 Å². The first kappa shape index (κ1) is 15.8. The van der Waals surface area contributed by atoms with Gasteiger partial charge in [0.2, 0.25) is 5.91 Å². The maximum Gasteiger partial charge on any atom is 0.223 e. The lowest BCUT2D eigenvalue weighted by Gasteiger charge is -2.36. The number of hydrogen-bond acceptors (Lipinski definition) is 5. The van der Waals surface area contributed by atoms with Crippen molar-refractivity contribution < 1.29 is 9.90 Å². The molecule has 1 aliphatic heterocycles. The molecule has 2 rings (SSSR count). The van der Waals surface area contributed by atoms with Gasteiger partial charge in [-0.25, -0.2) is 4.98 Å². The number of β-amino-alcohol motifs (C(OH)–C–C–N with tert-alkyl or cyclic N) is 1. The molecule has 112 valence electrons. The lowest BCUT2D eigenvalue weighted by atomic mass is 9.95. The third-order valence-electron chi connectivity index (χ3n) is 3.40. The minimum absolute atomic E-state index is 0.159. The van der Waals surface area contributed by atoms with Crippen molar-refractivity contribution >= 4 is 29.0 Å². The number of rotatable bonds is 5. The molecule has 1 atom stereocenters. The van der Waals surface area contributed by atoms with Crippen LogP contribution in [0.1, 0.15) is 36.9 Å². The van der Waals surface area contributed by atoms with Gasteiger partial charge < -0.3 is 10.0 Å². The molecule has 2 heterocycles. The Morgan fingerprint density at radius 3 is 3.10 bits per heavy atom. The number of nitrogens with zero attached hydrogens (tertiary/aromatic N) is 2. The van der Waals surface area contributed by atoms with E-state index in [1.54, 1.807) is 28.0 Å². The Morgan fingerprint density at radius 2 is 2.45 bits per heavy atom. The second kappa shape index (κ2) is 6.91. The Labute approximate surface area is 128 Å². The van der Waals surface area contributed by atoms with E-state index in [0.29, 0.717) is 13.0 Å². The molecular weight excluding hydrogens is 292 g/mol. The largest absolute Gasteiger partial charge is 0.388 e. The molecule has 20 heavy (non-hydrogen) atoms. The molecular formula is C14H22N2O2S2. The first-order valence-electron chi connectivity index (χ1n) is 6.95. The second-order valence-electron chi connectivity index (χ2n) is 5.58. The lowest BCUT2D eigenvalue weighted by molar-refractivity contribution is -0.137. The maximum absolute atomic E-state index is 12.1. The molecule has 4 nitrogen and oxygen atoms in total. The summed E-state index contributed by atoms with van der Waals surface area (Å²) < 4.78 is 0. The van der Waals surface area contributed by atoms with Crippen molar-refractivity contribution in [3.05, 3.63) is 16.1 Å². The Morgan fingerprint density at radius 1 is 1.65 bits per heavy atom. The van der Waals surface area contributed by atoms with Crippen LogP contribution < -0.4 is 0 Å². The van der Waals surface area contributed by atoms with Gasteiger partial charge in [-0.05, 0) is 26.7 Å². The van der Waals surface area contributed by atoms with Gasteiger partial charge in [0, 0.05) is 36.4 Å². The smallest absolute Gasteiger partial charge is 0.223 e. The monoisotopic (exact) mass is 314 g/mol. The van der Waals surface area contributed by atoms with Gasteiger partial charge in [0.1, 0.15) is 0 Å². The molecule has 1 aromatic rings. The van der Waals surface area contributed by atoms with E-state index in [9.17, 15) is 9.90 Å². The summed E-state index contributed by atoms with van der Waals surface area (Å²) in [5, 5.41) is 13.2. The van der Waals surface area contributed by atoms with E-state index in [4.69, 9.17) is 0 Å². The zero-order valence-corrected chi connectivity index (χ0v) is 13.7. The van der Waals surface area contributed by atoms with E-state index in [1.165, 1.54) is 0 Å². The van der Waals surface area contributed by atoms with E-state index in [2.05, 4.69) is 10.4 Å². The predicted octanol–water partition coefficient (Wildman–Crippen LogP) is 2.45. The normalized spacial score (nSPS) is 23.1. The number of piperidine rings is 1. The topological polar surface area (TPSA) is 53.4 Å². The molecule has 0 radical (unpaired) electrons. The maximum atomic E-state index is 12.1. The van der Waals surface area contributed by atoms with Crippen LogP contribution in [-0.4, -0.2) is 45.3 Å². The minimum atomic E-state index is -0.709. The number of aryl methyl sites for hydroxylation is 1. The quantitative estimate of drug-likeness (QED) is 0.848. The summed E-state index contributed by atoms with van der Waals surface area (Å²) in [7, 11) is 0. The molecule has 1 aliphatic rings. The summed E-state index contributed by atoms with van der Waals surface area (Å²) in [5.41, 5.74) is 0.393. The zero-order chi connectivity index (χ0) is 14.6. The van der Waals surface area contributed by atoms with E-state index in [0.717, 1.165) is 41.6 Å². The summed E-state index contributed by atoms with van der Waals surface area (Å²) in [5.74, 6) is 1.84. The van der Waals surface area contributed by atoms with Crippen LogP contribution in [0.5, 0.6) is 0 Å². The summed E-state index contributed by atoms with van der Waals surface area (Å²) in [6.45, 7) is 5.07. The molecule has 0 aromatic carbocycles. The van der Waals surface area contributed by atoms with Crippen molar-refractivity contribution in [3.63, 3.8) is 0 Å². The molecule has 1 unspecified atom stereocenters. The summed E-state index contributed by atoms with van der Waals surface area (Å²) >= 11 is 3.41. The van der Waals surface area contributed by atoms with Gasteiger partial charge in [-0.15, -0.1) is 11.3 Å². The van der Waals surface area contributed by atoms with Crippen molar-refractivity contribution in [2.24, 2.45) is 0 Å². The molecule has 0 spiro atoms. The van der Waals surface area contributed by atoms with Crippen LogP contribution in [0.25, 0.3) is 0 Å². The first-order valence-corrected chi connectivity index (χ1v) is 8.99. The van der Waals surface area contributed by atoms with Crippen LogP contribution in [0.3, 0.4) is 0 Å². The number of likely N-dealkylation sites (tertiary alicyclic amines) is 1. The summed E-state index contributed by atoms with van der Waals surface area (Å²) in [6, 6.07) is 0.